The number of pyridine rings is 1. The molecule has 0 radical (unpaired) electrons. The van der Waals surface area contributed by atoms with Crippen LogP contribution in [0.25, 0.3) is 5.82 Å². The van der Waals surface area contributed by atoms with Crippen molar-refractivity contribution in [2.75, 3.05) is 0 Å². The maximum atomic E-state index is 6.07. The number of aryl methyl sites for hydroxylation is 1. The van der Waals surface area contributed by atoms with Crippen LogP contribution in [-0.2, 0) is 9.31 Å². The van der Waals surface area contributed by atoms with Gasteiger partial charge >= 0.3 is 7.12 Å². The topological polar surface area (TPSA) is 49.2 Å². The van der Waals surface area contributed by atoms with Gasteiger partial charge in [0.25, 0.3) is 0 Å². The number of aromatic nitrogens is 3. The molecule has 5 nitrogen and oxygen atoms in total. The van der Waals surface area contributed by atoms with Crippen molar-refractivity contribution in [1.29, 1.82) is 0 Å². The van der Waals surface area contributed by atoms with Crippen molar-refractivity contribution in [3.63, 3.8) is 0 Å². The van der Waals surface area contributed by atoms with Crippen molar-refractivity contribution in [2.24, 2.45) is 0 Å². The maximum Gasteiger partial charge on any atom is 0.495 e. The van der Waals surface area contributed by atoms with E-state index in [2.05, 4.69) is 9.97 Å². The Hall–Kier alpha value is -1.66. The highest BCUT2D eigenvalue weighted by Gasteiger charge is 2.51. The average molecular weight is 285 g/mol. The van der Waals surface area contributed by atoms with Gasteiger partial charge in [-0.15, -0.1) is 0 Å². The smallest absolute Gasteiger partial charge is 0.399 e. The average Bonchev–Trinajstić information content (AvgIpc) is 2.92. The van der Waals surface area contributed by atoms with Crippen molar-refractivity contribution in [3.8, 4) is 5.82 Å². The standard InChI is InChI=1S/C15H20BN3O2/c1-11-9-19(10-18-11)13-8-12(6-7-17-13)16-20-14(2,3)15(4,5)21-16/h6-10H,1-5H3. The molecule has 1 fully saturated rings. The lowest BCUT2D eigenvalue weighted by Crippen LogP contribution is -2.41. The largest absolute Gasteiger partial charge is 0.495 e. The maximum absolute atomic E-state index is 6.07. The minimum absolute atomic E-state index is 0.341. The van der Waals surface area contributed by atoms with Gasteiger partial charge in [0.1, 0.15) is 12.1 Å². The summed E-state index contributed by atoms with van der Waals surface area (Å²) in [6.45, 7) is 10.2. The lowest BCUT2D eigenvalue weighted by molar-refractivity contribution is 0.00578. The SMILES string of the molecule is Cc1cn(-c2cc(B3OC(C)(C)C(C)(C)O3)ccn2)cn1. The van der Waals surface area contributed by atoms with Gasteiger partial charge in [0.15, 0.2) is 0 Å². The Morgan fingerprint density at radius 3 is 2.33 bits per heavy atom. The zero-order valence-electron chi connectivity index (χ0n) is 13.1. The third-order valence-electron chi connectivity index (χ3n) is 4.27. The van der Waals surface area contributed by atoms with Crippen LogP contribution in [0.15, 0.2) is 30.9 Å². The van der Waals surface area contributed by atoms with E-state index in [0.29, 0.717) is 0 Å². The number of nitrogens with zero attached hydrogens (tertiary/aromatic N) is 3. The first kappa shape index (κ1) is 14.3. The summed E-state index contributed by atoms with van der Waals surface area (Å²) in [5.74, 6) is 0.808. The third kappa shape index (κ3) is 2.49. The van der Waals surface area contributed by atoms with Gasteiger partial charge in [-0.3, -0.25) is 4.57 Å². The molecule has 0 bridgehead atoms. The summed E-state index contributed by atoms with van der Waals surface area (Å²) < 4.78 is 14.0. The van der Waals surface area contributed by atoms with Crippen molar-refractivity contribution < 1.29 is 9.31 Å². The molecule has 0 amide bonds. The Morgan fingerprint density at radius 2 is 1.76 bits per heavy atom. The molecule has 0 atom stereocenters. The second kappa shape index (κ2) is 4.68. The van der Waals surface area contributed by atoms with Crippen molar-refractivity contribution in [1.82, 2.24) is 14.5 Å². The molecule has 0 saturated carbocycles. The summed E-state index contributed by atoms with van der Waals surface area (Å²) in [7, 11) is -0.374. The van der Waals surface area contributed by atoms with Crippen LogP contribution in [0.5, 0.6) is 0 Å². The fraction of sp³-hybridized carbons (Fsp3) is 0.467. The molecule has 1 aliphatic heterocycles. The predicted molar refractivity (Wildman–Crippen MR) is 81.8 cm³/mol. The zero-order valence-corrected chi connectivity index (χ0v) is 13.1. The zero-order chi connectivity index (χ0) is 15.3. The summed E-state index contributed by atoms with van der Waals surface area (Å²) in [4.78, 5) is 8.61. The van der Waals surface area contributed by atoms with Gasteiger partial charge in [-0.25, -0.2) is 9.97 Å². The van der Waals surface area contributed by atoms with Gasteiger partial charge in [-0.05, 0) is 52.2 Å². The second-order valence-electron chi connectivity index (χ2n) is 6.46. The van der Waals surface area contributed by atoms with E-state index >= 15 is 0 Å². The number of hydrogen-bond acceptors (Lipinski definition) is 4. The molecule has 2 aromatic heterocycles. The van der Waals surface area contributed by atoms with Gasteiger partial charge < -0.3 is 9.31 Å². The fourth-order valence-corrected chi connectivity index (χ4v) is 2.25. The lowest BCUT2D eigenvalue weighted by Gasteiger charge is -2.32. The first-order valence-electron chi connectivity index (χ1n) is 7.11. The molecular formula is C15H20BN3O2. The number of rotatable bonds is 2. The van der Waals surface area contributed by atoms with Gasteiger partial charge in [0.2, 0.25) is 0 Å². The Morgan fingerprint density at radius 1 is 1.10 bits per heavy atom. The summed E-state index contributed by atoms with van der Waals surface area (Å²) >= 11 is 0. The van der Waals surface area contributed by atoms with Crippen molar-refractivity contribution in [2.45, 2.75) is 45.8 Å². The van der Waals surface area contributed by atoms with Crippen LogP contribution in [0.1, 0.15) is 33.4 Å². The van der Waals surface area contributed by atoms with Gasteiger partial charge in [-0.1, -0.05) is 0 Å². The third-order valence-corrected chi connectivity index (χ3v) is 4.27. The van der Waals surface area contributed by atoms with E-state index < -0.39 is 0 Å². The molecule has 21 heavy (non-hydrogen) atoms. The molecule has 1 saturated heterocycles. The Balaban J connectivity index is 1.91. The van der Waals surface area contributed by atoms with E-state index in [1.54, 1.807) is 12.5 Å². The van der Waals surface area contributed by atoms with Crippen LogP contribution < -0.4 is 5.46 Å². The fourth-order valence-electron chi connectivity index (χ4n) is 2.25. The normalized spacial score (nSPS) is 20.0. The predicted octanol–water partition coefficient (Wildman–Crippen LogP) is 1.87. The van der Waals surface area contributed by atoms with E-state index in [1.165, 1.54) is 0 Å². The second-order valence-corrected chi connectivity index (χ2v) is 6.46. The van der Waals surface area contributed by atoms with Crippen molar-refractivity contribution >= 4 is 12.6 Å². The van der Waals surface area contributed by atoms with E-state index in [0.717, 1.165) is 17.0 Å². The summed E-state index contributed by atoms with van der Waals surface area (Å²) in [6, 6.07) is 3.90. The Bertz CT molecular complexity index is 650. The van der Waals surface area contributed by atoms with E-state index in [1.807, 2.05) is 57.5 Å². The molecular weight excluding hydrogens is 265 g/mol. The lowest BCUT2D eigenvalue weighted by atomic mass is 9.80. The van der Waals surface area contributed by atoms with E-state index in [9.17, 15) is 0 Å². The molecule has 0 spiro atoms. The highest BCUT2D eigenvalue weighted by atomic mass is 16.7. The van der Waals surface area contributed by atoms with Crippen LogP contribution in [0.4, 0.5) is 0 Å². The number of hydrogen-bond donors (Lipinski definition) is 0. The van der Waals surface area contributed by atoms with E-state index in [4.69, 9.17) is 9.31 Å². The monoisotopic (exact) mass is 285 g/mol. The first-order valence-corrected chi connectivity index (χ1v) is 7.11. The molecule has 2 aromatic rings. The van der Waals surface area contributed by atoms with Crippen LogP contribution in [0.2, 0.25) is 0 Å². The molecule has 6 heteroatoms. The minimum atomic E-state index is -0.374. The Labute approximate surface area is 125 Å². The number of imidazole rings is 1. The molecule has 0 aromatic carbocycles. The van der Waals surface area contributed by atoms with Crippen LogP contribution in [0, 0.1) is 6.92 Å². The summed E-state index contributed by atoms with van der Waals surface area (Å²) in [6.07, 6.45) is 5.47. The molecule has 3 heterocycles. The highest BCUT2D eigenvalue weighted by Crippen LogP contribution is 2.36. The van der Waals surface area contributed by atoms with Crippen molar-refractivity contribution in [3.05, 3.63) is 36.5 Å². The molecule has 0 aliphatic carbocycles. The molecule has 0 N–H and O–H groups in total. The first-order chi connectivity index (χ1) is 9.78. The molecule has 3 rings (SSSR count). The van der Waals surface area contributed by atoms with Gasteiger partial charge in [0.05, 0.1) is 16.9 Å². The minimum Gasteiger partial charge on any atom is -0.399 e. The highest BCUT2D eigenvalue weighted by molar-refractivity contribution is 6.62. The Kier molecular flexibility index (Phi) is 3.18. The molecule has 1 aliphatic rings. The van der Waals surface area contributed by atoms with Crippen LogP contribution in [-0.4, -0.2) is 32.9 Å². The summed E-state index contributed by atoms with van der Waals surface area (Å²) in [5.41, 5.74) is 1.24. The summed E-state index contributed by atoms with van der Waals surface area (Å²) in [5, 5.41) is 0. The van der Waals surface area contributed by atoms with Gasteiger partial charge in [-0.2, -0.15) is 0 Å². The van der Waals surface area contributed by atoms with Crippen LogP contribution in [0.3, 0.4) is 0 Å². The molecule has 110 valence electrons. The van der Waals surface area contributed by atoms with E-state index in [-0.39, 0.29) is 18.3 Å². The quantitative estimate of drug-likeness (QED) is 0.790. The molecule has 0 unspecified atom stereocenters. The van der Waals surface area contributed by atoms with Gasteiger partial charge in [0, 0.05) is 12.4 Å². The van der Waals surface area contributed by atoms with Crippen LogP contribution >= 0.6 is 0 Å².